The summed E-state index contributed by atoms with van der Waals surface area (Å²) in [6.07, 6.45) is 6.65. The molecule has 7 nitrogen and oxygen atoms in total. The van der Waals surface area contributed by atoms with Gasteiger partial charge >= 0.3 is 0 Å². The van der Waals surface area contributed by atoms with Crippen molar-refractivity contribution in [3.63, 3.8) is 0 Å². The van der Waals surface area contributed by atoms with Crippen molar-refractivity contribution in [3.05, 3.63) is 71.8 Å². The van der Waals surface area contributed by atoms with Crippen molar-refractivity contribution < 1.29 is 22.8 Å². The van der Waals surface area contributed by atoms with Gasteiger partial charge in [-0.1, -0.05) is 74.5 Å². The number of rotatable bonds is 9. The average Bonchev–Trinajstić information content (AvgIpc) is 3.36. The fourth-order valence-corrected chi connectivity index (χ4v) is 9.44. The van der Waals surface area contributed by atoms with Crippen molar-refractivity contribution in [2.75, 3.05) is 12.9 Å². The van der Waals surface area contributed by atoms with Gasteiger partial charge in [-0.05, 0) is 48.6 Å². The summed E-state index contributed by atoms with van der Waals surface area (Å²) < 4.78 is 33.6. The van der Waals surface area contributed by atoms with E-state index in [2.05, 4.69) is 19.3 Å². The first kappa shape index (κ1) is 25.9. The lowest BCUT2D eigenvalue weighted by atomic mass is 9.69. The average molecular weight is 525 g/mol. The number of hydrogen-bond donors (Lipinski definition) is 1. The van der Waals surface area contributed by atoms with Gasteiger partial charge in [0, 0.05) is 11.0 Å². The Balaban J connectivity index is 1.38. The minimum absolute atomic E-state index is 0.0502. The standard InChI is InChI=1S/C29H36N2O5S/c1-28(2)23-16-17-29(28)20-37(33,34)31(26(29)18-23)27(32)24(30-36-19-21-10-5-4-6-11-21)14-9-13-22-12-7-8-15-25(22)35-3/h4-13,15,23-24,26,30H,14,16-20H2,1-3H3/b13-9+/t23-,24+,26-,29-/m1/s1. The molecule has 5 rings (SSSR count). The van der Waals surface area contributed by atoms with Crippen LogP contribution >= 0.6 is 0 Å². The first-order valence-electron chi connectivity index (χ1n) is 13.0. The normalized spacial score (nSPS) is 27.9. The van der Waals surface area contributed by atoms with E-state index in [4.69, 9.17) is 9.57 Å². The molecule has 1 spiro atoms. The molecule has 0 unspecified atom stereocenters. The molecule has 1 heterocycles. The van der Waals surface area contributed by atoms with E-state index in [1.165, 1.54) is 4.31 Å². The van der Waals surface area contributed by atoms with Gasteiger partial charge in [0.15, 0.2) is 0 Å². The number of para-hydroxylation sites is 1. The number of methoxy groups -OCH3 is 1. The molecule has 4 atom stereocenters. The van der Waals surface area contributed by atoms with Gasteiger partial charge in [0.2, 0.25) is 10.0 Å². The molecule has 2 bridgehead atoms. The molecule has 3 aliphatic rings. The molecule has 2 saturated carbocycles. The Hall–Kier alpha value is -2.68. The Morgan fingerprint density at radius 2 is 1.89 bits per heavy atom. The smallest absolute Gasteiger partial charge is 0.256 e. The second-order valence-electron chi connectivity index (χ2n) is 11.1. The predicted octanol–water partition coefficient (Wildman–Crippen LogP) is 4.56. The van der Waals surface area contributed by atoms with Crippen molar-refractivity contribution in [3.8, 4) is 5.75 Å². The highest BCUT2D eigenvalue weighted by atomic mass is 32.2. The molecule has 2 aromatic carbocycles. The molecule has 0 aromatic heterocycles. The second-order valence-corrected chi connectivity index (χ2v) is 12.9. The number of benzene rings is 2. The molecule has 2 aliphatic carbocycles. The van der Waals surface area contributed by atoms with Crippen LogP contribution in [0.25, 0.3) is 6.08 Å². The third-order valence-corrected chi connectivity index (χ3v) is 11.0. The van der Waals surface area contributed by atoms with Gasteiger partial charge in [-0.25, -0.2) is 12.7 Å². The highest BCUT2D eigenvalue weighted by Gasteiger charge is 2.72. The molecule has 2 aromatic rings. The first-order valence-corrected chi connectivity index (χ1v) is 14.6. The van der Waals surface area contributed by atoms with E-state index in [1.807, 2.05) is 66.7 Å². The van der Waals surface area contributed by atoms with Crippen molar-refractivity contribution in [1.29, 1.82) is 0 Å². The Kier molecular flexibility index (Phi) is 6.94. The van der Waals surface area contributed by atoms with Crippen LogP contribution in [0.1, 0.15) is 50.7 Å². The van der Waals surface area contributed by atoms with Crippen LogP contribution in [0.15, 0.2) is 60.7 Å². The van der Waals surface area contributed by atoms with E-state index in [1.54, 1.807) is 7.11 Å². The molecule has 37 heavy (non-hydrogen) atoms. The third kappa shape index (κ3) is 4.49. The Labute approximate surface area is 219 Å². The van der Waals surface area contributed by atoms with Gasteiger partial charge in [0.1, 0.15) is 11.8 Å². The number of fused-ring (bicyclic) bond motifs is 1. The molecule has 1 amide bonds. The van der Waals surface area contributed by atoms with Crippen LogP contribution in [0.5, 0.6) is 5.75 Å². The lowest BCUT2D eigenvalue weighted by Gasteiger charge is -2.37. The molecule has 0 radical (unpaired) electrons. The van der Waals surface area contributed by atoms with Crippen LogP contribution in [-0.2, 0) is 26.3 Å². The van der Waals surface area contributed by atoms with Crippen LogP contribution in [0.2, 0.25) is 0 Å². The van der Waals surface area contributed by atoms with Crippen LogP contribution < -0.4 is 10.2 Å². The van der Waals surface area contributed by atoms with Crippen molar-refractivity contribution in [2.45, 2.75) is 58.2 Å². The van der Waals surface area contributed by atoms with Gasteiger partial charge < -0.3 is 4.74 Å². The summed E-state index contributed by atoms with van der Waals surface area (Å²) in [5.41, 5.74) is 4.27. The Morgan fingerprint density at radius 3 is 2.62 bits per heavy atom. The summed E-state index contributed by atoms with van der Waals surface area (Å²) in [5.74, 6) is 0.773. The van der Waals surface area contributed by atoms with Crippen molar-refractivity contribution >= 4 is 22.0 Å². The van der Waals surface area contributed by atoms with Gasteiger partial charge in [0.05, 0.1) is 25.5 Å². The van der Waals surface area contributed by atoms with Crippen LogP contribution in [0, 0.1) is 16.7 Å². The molecule has 1 saturated heterocycles. The summed E-state index contributed by atoms with van der Waals surface area (Å²) in [6.45, 7) is 4.63. The predicted molar refractivity (Wildman–Crippen MR) is 143 cm³/mol. The summed E-state index contributed by atoms with van der Waals surface area (Å²) in [5, 5.41) is 0. The Morgan fingerprint density at radius 1 is 1.16 bits per heavy atom. The molecular weight excluding hydrogens is 488 g/mol. The van der Waals surface area contributed by atoms with Gasteiger partial charge in [-0.15, -0.1) is 0 Å². The number of hydrogen-bond acceptors (Lipinski definition) is 6. The lowest BCUT2D eigenvalue weighted by Crippen LogP contribution is -2.51. The van der Waals surface area contributed by atoms with Crippen LogP contribution in [0.4, 0.5) is 0 Å². The van der Waals surface area contributed by atoms with Crippen molar-refractivity contribution in [2.24, 2.45) is 16.7 Å². The van der Waals surface area contributed by atoms with E-state index in [-0.39, 0.29) is 35.7 Å². The number of nitrogens with one attached hydrogen (secondary N) is 1. The molecule has 8 heteroatoms. The zero-order valence-electron chi connectivity index (χ0n) is 21.7. The SMILES string of the molecule is COc1ccccc1/C=C/C[C@H](NOCc1ccccc1)C(=O)N1[C@@H]2C[C@H]3CC[C@]2(CS1(=O)=O)C3(C)C. The van der Waals surface area contributed by atoms with Gasteiger partial charge in [0.25, 0.3) is 5.91 Å². The summed E-state index contributed by atoms with van der Waals surface area (Å²) in [6, 6.07) is 16.1. The molecule has 198 valence electrons. The minimum atomic E-state index is -3.73. The maximum absolute atomic E-state index is 13.9. The number of hydroxylamine groups is 1. The third-order valence-electron chi connectivity index (χ3n) is 9.04. The Bertz CT molecular complexity index is 1280. The van der Waals surface area contributed by atoms with Gasteiger partial charge in [-0.3, -0.25) is 9.63 Å². The zero-order chi connectivity index (χ0) is 26.3. The minimum Gasteiger partial charge on any atom is -0.496 e. The highest BCUT2D eigenvalue weighted by molar-refractivity contribution is 7.90. The van der Waals surface area contributed by atoms with Crippen LogP contribution in [-0.4, -0.2) is 43.6 Å². The molecule has 1 N–H and O–H groups in total. The number of sulfonamides is 1. The summed E-state index contributed by atoms with van der Waals surface area (Å²) in [7, 11) is -2.11. The number of carbonyl (C=O) groups excluding carboxylic acids is 1. The zero-order valence-corrected chi connectivity index (χ0v) is 22.5. The number of carbonyl (C=O) groups is 1. The molecule has 1 aliphatic heterocycles. The largest absolute Gasteiger partial charge is 0.496 e. The molecule has 3 fully saturated rings. The monoisotopic (exact) mass is 524 g/mol. The van der Waals surface area contributed by atoms with Gasteiger partial charge in [-0.2, -0.15) is 5.48 Å². The fraction of sp³-hybridized carbons (Fsp3) is 0.483. The van der Waals surface area contributed by atoms with Crippen LogP contribution in [0.3, 0.4) is 0 Å². The molecular formula is C29H36N2O5S. The lowest BCUT2D eigenvalue weighted by molar-refractivity contribution is -0.136. The fourth-order valence-electron chi connectivity index (χ4n) is 6.87. The highest BCUT2D eigenvalue weighted by Crippen LogP contribution is 2.70. The number of ether oxygens (including phenoxy) is 1. The number of nitrogens with zero attached hydrogens (tertiary/aromatic N) is 1. The summed E-state index contributed by atoms with van der Waals surface area (Å²) >= 11 is 0. The van der Waals surface area contributed by atoms with E-state index < -0.39 is 22.0 Å². The quantitative estimate of drug-likeness (QED) is 0.485. The summed E-state index contributed by atoms with van der Waals surface area (Å²) in [4.78, 5) is 19.7. The number of amides is 1. The first-order chi connectivity index (χ1) is 17.7. The van der Waals surface area contributed by atoms with E-state index >= 15 is 0 Å². The van der Waals surface area contributed by atoms with Crippen molar-refractivity contribution in [1.82, 2.24) is 9.79 Å². The maximum atomic E-state index is 13.9. The van der Waals surface area contributed by atoms with E-state index in [0.717, 1.165) is 36.1 Å². The topological polar surface area (TPSA) is 84.9 Å². The van der Waals surface area contributed by atoms with E-state index in [9.17, 15) is 13.2 Å². The second kappa shape index (κ2) is 9.89. The maximum Gasteiger partial charge on any atom is 0.256 e. The van der Waals surface area contributed by atoms with E-state index in [0.29, 0.717) is 5.92 Å².